The SMILES string of the molecule is CN(Cc1ccccc1F)C(=O)c1cc(N)c(Cl)c(Cl)c1. The Kier molecular flexibility index (Phi) is 4.70. The zero-order chi connectivity index (χ0) is 15.6. The molecule has 2 aromatic rings. The van der Waals surface area contributed by atoms with Crippen LogP contribution in [0.25, 0.3) is 0 Å². The van der Waals surface area contributed by atoms with Crippen LogP contribution in [0.2, 0.25) is 10.0 Å². The maximum atomic E-state index is 13.6. The van der Waals surface area contributed by atoms with Gasteiger partial charge in [-0.25, -0.2) is 4.39 Å². The molecule has 0 aliphatic rings. The summed E-state index contributed by atoms with van der Waals surface area (Å²) in [4.78, 5) is 13.7. The number of anilines is 1. The molecule has 0 atom stereocenters. The summed E-state index contributed by atoms with van der Waals surface area (Å²) < 4.78 is 13.6. The maximum absolute atomic E-state index is 13.6. The number of nitrogens with zero attached hydrogens (tertiary/aromatic N) is 1. The first-order valence-electron chi connectivity index (χ1n) is 6.13. The molecule has 0 fully saturated rings. The molecule has 0 unspecified atom stereocenters. The molecule has 2 rings (SSSR count). The van der Waals surface area contributed by atoms with E-state index in [1.54, 1.807) is 25.2 Å². The molecular weight excluding hydrogens is 314 g/mol. The van der Waals surface area contributed by atoms with Crippen LogP contribution in [0.3, 0.4) is 0 Å². The standard InChI is InChI=1S/C15H13Cl2FN2O/c1-20(8-9-4-2-3-5-12(9)18)15(21)10-6-11(16)14(17)13(19)7-10/h2-7H,8,19H2,1H3. The van der Waals surface area contributed by atoms with Gasteiger partial charge < -0.3 is 10.6 Å². The average Bonchev–Trinajstić information content (AvgIpc) is 2.45. The first kappa shape index (κ1) is 15.6. The smallest absolute Gasteiger partial charge is 0.254 e. The minimum Gasteiger partial charge on any atom is -0.397 e. The minimum atomic E-state index is -0.356. The Labute approximate surface area is 132 Å². The van der Waals surface area contributed by atoms with E-state index in [2.05, 4.69) is 0 Å². The molecule has 1 amide bonds. The van der Waals surface area contributed by atoms with Crippen molar-refractivity contribution in [3.63, 3.8) is 0 Å². The topological polar surface area (TPSA) is 46.3 Å². The molecule has 0 saturated carbocycles. The molecule has 0 saturated heterocycles. The highest BCUT2D eigenvalue weighted by Crippen LogP contribution is 2.29. The zero-order valence-electron chi connectivity index (χ0n) is 11.2. The third kappa shape index (κ3) is 3.46. The maximum Gasteiger partial charge on any atom is 0.254 e. The Bertz CT molecular complexity index is 668. The second-order valence-corrected chi connectivity index (χ2v) is 5.40. The summed E-state index contributed by atoms with van der Waals surface area (Å²) in [5.74, 6) is -0.672. The van der Waals surface area contributed by atoms with Crippen LogP contribution < -0.4 is 5.73 Å². The molecular formula is C15H13Cl2FN2O. The number of amides is 1. The molecule has 0 aromatic heterocycles. The normalized spacial score (nSPS) is 10.5. The van der Waals surface area contributed by atoms with Gasteiger partial charge in [0.15, 0.2) is 0 Å². The Hall–Kier alpha value is -1.78. The molecule has 0 aliphatic heterocycles. The van der Waals surface area contributed by atoms with Gasteiger partial charge in [-0.3, -0.25) is 4.79 Å². The number of carbonyl (C=O) groups is 1. The molecule has 110 valence electrons. The fourth-order valence-electron chi connectivity index (χ4n) is 1.91. The summed E-state index contributed by atoms with van der Waals surface area (Å²) in [5, 5.41) is 0.421. The van der Waals surface area contributed by atoms with Crippen molar-refractivity contribution in [2.45, 2.75) is 6.54 Å². The highest BCUT2D eigenvalue weighted by Gasteiger charge is 2.16. The number of hydrogen-bond donors (Lipinski definition) is 1. The first-order valence-corrected chi connectivity index (χ1v) is 6.89. The van der Waals surface area contributed by atoms with E-state index in [0.717, 1.165) is 0 Å². The van der Waals surface area contributed by atoms with Gasteiger partial charge in [-0.05, 0) is 18.2 Å². The molecule has 2 aromatic carbocycles. The Morgan fingerprint density at radius 3 is 2.57 bits per heavy atom. The molecule has 3 nitrogen and oxygen atoms in total. The van der Waals surface area contributed by atoms with Gasteiger partial charge in [0, 0.05) is 24.7 Å². The summed E-state index contributed by atoms with van der Waals surface area (Å²) in [6.07, 6.45) is 0. The number of benzene rings is 2. The highest BCUT2D eigenvalue weighted by atomic mass is 35.5. The zero-order valence-corrected chi connectivity index (χ0v) is 12.7. The number of nitrogen functional groups attached to an aromatic ring is 1. The van der Waals surface area contributed by atoms with Crippen LogP contribution in [0.4, 0.5) is 10.1 Å². The van der Waals surface area contributed by atoms with Crippen LogP contribution in [-0.4, -0.2) is 17.9 Å². The summed E-state index contributed by atoms with van der Waals surface area (Å²) in [5.41, 5.74) is 6.66. The van der Waals surface area contributed by atoms with Gasteiger partial charge in [0.05, 0.1) is 15.7 Å². The first-order chi connectivity index (χ1) is 9.90. The molecule has 6 heteroatoms. The van der Waals surface area contributed by atoms with E-state index in [9.17, 15) is 9.18 Å². The lowest BCUT2D eigenvalue weighted by Gasteiger charge is -2.18. The summed E-state index contributed by atoms with van der Waals surface area (Å²) >= 11 is 11.8. The van der Waals surface area contributed by atoms with Gasteiger partial charge in [-0.2, -0.15) is 0 Å². The predicted octanol–water partition coefficient (Wildman–Crippen LogP) is 3.99. The van der Waals surface area contributed by atoms with Gasteiger partial charge >= 0.3 is 0 Å². The van der Waals surface area contributed by atoms with Crippen molar-refractivity contribution in [2.24, 2.45) is 0 Å². The summed E-state index contributed by atoms with van der Waals surface area (Å²) in [6.45, 7) is 0.145. The van der Waals surface area contributed by atoms with Crippen molar-refractivity contribution in [3.8, 4) is 0 Å². The van der Waals surface area contributed by atoms with Crippen molar-refractivity contribution in [2.75, 3.05) is 12.8 Å². The van der Waals surface area contributed by atoms with Crippen molar-refractivity contribution in [1.29, 1.82) is 0 Å². The van der Waals surface area contributed by atoms with Gasteiger partial charge in [-0.1, -0.05) is 41.4 Å². The second-order valence-electron chi connectivity index (χ2n) is 4.61. The van der Waals surface area contributed by atoms with Gasteiger partial charge in [0.1, 0.15) is 5.82 Å². The minimum absolute atomic E-state index is 0.145. The van der Waals surface area contributed by atoms with Crippen LogP contribution >= 0.6 is 23.2 Å². The lowest BCUT2D eigenvalue weighted by atomic mass is 10.1. The van der Waals surface area contributed by atoms with Crippen molar-refractivity contribution >= 4 is 34.8 Å². The highest BCUT2D eigenvalue weighted by molar-refractivity contribution is 6.43. The Morgan fingerprint density at radius 2 is 1.95 bits per heavy atom. The monoisotopic (exact) mass is 326 g/mol. The van der Waals surface area contributed by atoms with Gasteiger partial charge in [-0.15, -0.1) is 0 Å². The molecule has 0 radical (unpaired) electrons. The number of carbonyl (C=O) groups excluding carboxylic acids is 1. The summed E-state index contributed by atoms with van der Waals surface area (Å²) in [7, 11) is 1.58. The molecule has 0 bridgehead atoms. The lowest BCUT2D eigenvalue weighted by Crippen LogP contribution is -2.26. The molecule has 0 spiro atoms. The summed E-state index contributed by atoms with van der Waals surface area (Å²) in [6, 6.07) is 9.19. The third-order valence-corrected chi connectivity index (χ3v) is 3.83. The van der Waals surface area contributed by atoms with Crippen LogP contribution in [0.5, 0.6) is 0 Å². The number of rotatable bonds is 3. The average molecular weight is 327 g/mol. The molecule has 2 N–H and O–H groups in total. The van der Waals surface area contributed by atoms with Gasteiger partial charge in [0.2, 0.25) is 0 Å². The van der Waals surface area contributed by atoms with Gasteiger partial charge in [0.25, 0.3) is 5.91 Å². The predicted molar refractivity (Wildman–Crippen MR) is 83.1 cm³/mol. The van der Waals surface area contributed by atoms with Crippen molar-refractivity contribution in [3.05, 3.63) is 63.4 Å². The molecule has 0 heterocycles. The van der Waals surface area contributed by atoms with Crippen molar-refractivity contribution in [1.82, 2.24) is 4.90 Å². The van der Waals surface area contributed by atoms with E-state index < -0.39 is 0 Å². The van der Waals surface area contributed by atoms with E-state index in [0.29, 0.717) is 11.1 Å². The molecule has 21 heavy (non-hydrogen) atoms. The molecule has 0 aliphatic carbocycles. The second kappa shape index (κ2) is 6.33. The Morgan fingerprint density at radius 1 is 1.29 bits per heavy atom. The number of halogens is 3. The third-order valence-electron chi connectivity index (χ3n) is 3.02. The number of nitrogens with two attached hydrogens (primary N) is 1. The quantitative estimate of drug-likeness (QED) is 0.867. The fraction of sp³-hybridized carbons (Fsp3) is 0.133. The van der Waals surface area contributed by atoms with E-state index >= 15 is 0 Å². The number of hydrogen-bond acceptors (Lipinski definition) is 2. The van der Waals surface area contributed by atoms with Crippen LogP contribution in [0.1, 0.15) is 15.9 Å². The van der Waals surface area contributed by atoms with E-state index in [-0.39, 0.29) is 34.0 Å². The van der Waals surface area contributed by atoms with Crippen LogP contribution in [0.15, 0.2) is 36.4 Å². The van der Waals surface area contributed by atoms with E-state index in [1.165, 1.54) is 23.1 Å². The van der Waals surface area contributed by atoms with Crippen molar-refractivity contribution < 1.29 is 9.18 Å². The van der Waals surface area contributed by atoms with Crippen LogP contribution in [0, 0.1) is 5.82 Å². The van der Waals surface area contributed by atoms with E-state index in [4.69, 9.17) is 28.9 Å². The van der Waals surface area contributed by atoms with E-state index in [1.807, 2.05) is 0 Å². The Balaban J connectivity index is 2.22. The largest absolute Gasteiger partial charge is 0.397 e. The van der Waals surface area contributed by atoms with Crippen LogP contribution in [-0.2, 0) is 6.54 Å². The lowest BCUT2D eigenvalue weighted by molar-refractivity contribution is 0.0784. The fourth-order valence-corrected chi connectivity index (χ4v) is 2.24.